The predicted molar refractivity (Wildman–Crippen MR) is 76.5 cm³/mol. The Bertz CT molecular complexity index is 724. The maximum atomic E-state index is 12.1. The minimum absolute atomic E-state index is 0.199. The van der Waals surface area contributed by atoms with Crippen molar-refractivity contribution in [3.8, 4) is 0 Å². The Morgan fingerprint density at radius 3 is 2.90 bits per heavy atom. The van der Waals surface area contributed by atoms with Gasteiger partial charge in [-0.25, -0.2) is 0 Å². The van der Waals surface area contributed by atoms with Gasteiger partial charge < -0.3 is 5.73 Å². The third-order valence-corrected chi connectivity index (χ3v) is 4.16. The number of hydrogen-bond donors (Lipinski definition) is 1. The van der Waals surface area contributed by atoms with Crippen molar-refractivity contribution in [3.05, 3.63) is 29.7 Å². The van der Waals surface area contributed by atoms with E-state index in [1.807, 2.05) is 13.0 Å². The highest BCUT2D eigenvalue weighted by Gasteiger charge is 2.53. The topological polar surface area (TPSA) is 89.9 Å². The molecule has 1 amide bonds. The smallest absolute Gasteiger partial charge is 0.231 e. The van der Waals surface area contributed by atoms with Crippen LogP contribution in [0.3, 0.4) is 0 Å². The molecule has 2 fully saturated rings. The van der Waals surface area contributed by atoms with Gasteiger partial charge in [-0.2, -0.15) is 10.2 Å². The number of aromatic nitrogens is 4. The number of aryl methyl sites for hydroxylation is 1. The number of rotatable bonds is 3. The molecule has 0 spiro atoms. The molecule has 2 aromatic heterocycles. The Kier molecular flexibility index (Phi) is 2.51. The van der Waals surface area contributed by atoms with E-state index in [1.54, 1.807) is 22.0 Å². The lowest BCUT2D eigenvalue weighted by molar-refractivity contribution is -0.118. The number of nitrogen functional groups attached to an aromatic ring is 1. The van der Waals surface area contributed by atoms with Crippen molar-refractivity contribution in [1.82, 2.24) is 20.0 Å². The summed E-state index contributed by atoms with van der Waals surface area (Å²) in [7, 11) is 0. The average molecular weight is 284 g/mol. The summed E-state index contributed by atoms with van der Waals surface area (Å²) >= 11 is 0. The second-order valence-corrected chi connectivity index (χ2v) is 5.86. The van der Waals surface area contributed by atoms with Crippen LogP contribution in [0, 0.1) is 18.8 Å². The van der Waals surface area contributed by atoms with E-state index in [0.717, 1.165) is 24.2 Å². The number of amides is 1. The summed E-state index contributed by atoms with van der Waals surface area (Å²) in [6.07, 6.45) is 4.40. The molecule has 0 aromatic carbocycles. The molecule has 0 radical (unpaired) electrons. The molecule has 2 aliphatic rings. The number of nitrogens with two attached hydrogens (primary N) is 1. The molecule has 2 atom stereocenters. The van der Waals surface area contributed by atoms with Crippen molar-refractivity contribution in [1.29, 1.82) is 0 Å². The first kappa shape index (κ1) is 12.3. The fourth-order valence-corrected chi connectivity index (χ4v) is 2.98. The second-order valence-electron chi connectivity index (χ2n) is 5.86. The maximum absolute atomic E-state index is 12.1. The molecule has 2 N–H and O–H groups in total. The molecule has 108 valence electrons. The van der Waals surface area contributed by atoms with E-state index in [2.05, 4.69) is 15.3 Å². The summed E-state index contributed by atoms with van der Waals surface area (Å²) in [6.45, 7) is 3.26. The van der Waals surface area contributed by atoms with Gasteiger partial charge in [0, 0.05) is 18.7 Å². The number of hydrogen-bond acceptors (Lipinski definition) is 5. The SMILES string of the molecule is Cc1cc(Cn2cc(N)cn2)nnc1N1C[C@H]2C[C@H]2C1=O. The van der Waals surface area contributed by atoms with Gasteiger partial charge in [-0.15, -0.1) is 5.10 Å². The molecule has 7 heteroatoms. The van der Waals surface area contributed by atoms with E-state index in [1.165, 1.54) is 0 Å². The number of anilines is 2. The molecule has 1 aliphatic carbocycles. The second kappa shape index (κ2) is 4.28. The van der Waals surface area contributed by atoms with E-state index in [4.69, 9.17) is 5.73 Å². The number of carbonyl (C=O) groups is 1. The summed E-state index contributed by atoms with van der Waals surface area (Å²) < 4.78 is 1.72. The first-order valence-electron chi connectivity index (χ1n) is 7.04. The van der Waals surface area contributed by atoms with Crippen molar-refractivity contribution in [2.24, 2.45) is 11.8 Å². The first-order valence-corrected chi connectivity index (χ1v) is 7.04. The van der Waals surface area contributed by atoms with Crippen LogP contribution in [0.1, 0.15) is 17.7 Å². The normalized spacial score (nSPS) is 23.5. The minimum atomic E-state index is 0.199. The van der Waals surface area contributed by atoms with Crippen LogP contribution >= 0.6 is 0 Å². The van der Waals surface area contributed by atoms with Crippen LogP contribution in [0.2, 0.25) is 0 Å². The van der Waals surface area contributed by atoms with Gasteiger partial charge in [-0.05, 0) is 30.9 Å². The Morgan fingerprint density at radius 2 is 2.29 bits per heavy atom. The third kappa shape index (κ3) is 2.05. The number of fused-ring (bicyclic) bond motifs is 1. The Balaban J connectivity index is 1.56. The van der Waals surface area contributed by atoms with E-state index in [0.29, 0.717) is 24.0 Å². The maximum Gasteiger partial charge on any atom is 0.231 e. The first-order chi connectivity index (χ1) is 10.1. The molecule has 4 rings (SSSR count). The molecule has 2 aromatic rings. The van der Waals surface area contributed by atoms with Crippen LogP contribution in [-0.4, -0.2) is 32.4 Å². The van der Waals surface area contributed by atoms with E-state index >= 15 is 0 Å². The number of nitrogens with zero attached hydrogens (tertiary/aromatic N) is 5. The van der Waals surface area contributed by atoms with Gasteiger partial charge >= 0.3 is 0 Å². The molecule has 1 aliphatic heterocycles. The third-order valence-electron chi connectivity index (χ3n) is 4.16. The van der Waals surface area contributed by atoms with E-state index in [9.17, 15) is 4.79 Å². The highest BCUT2D eigenvalue weighted by molar-refractivity contribution is 5.99. The van der Waals surface area contributed by atoms with Crippen molar-refractivity contribution in [3.63, 3.8) is 0 Å². The van der Waals surface area contributed by atoms with Gasteiger partial charge in [0.15, 0.2) is 5.82 Å². The quantitative estimate of drug-likeness (QED) is 0.891. The fraction of sp³-hybridized carbons (Fsp3) is 0.429. The van der Waals surface area contributed by atoms with Gasteiger partial charge in [0.2, 0.25) is 5.91 Å². The molecular formula is C14H16N6O. The number of carbonyl (C=O) groups excluding carboxylic acids is 1. The van der Waals surface area contributed by atoms with E-state index < -0.39 is 0 Å². The lowest BCUT2D eigenvalue weighted by Crippen LogP contribution is -2.30. The minimum Gasteiger partial charge on any atom is -0.396 e. The summed E-state index contributed by atoms with van der Waals surface area (Å²) in [5, 5.41) is 12.6. The van der Waals surface area contributed by atoms with Gasteiger partial charge in [-0.3, -0.25) is 14.4 Å². The highest BCUT2D eigenvalue weighted by atomic mass is 16.2. The van der Waals surface area contributed by atoms with Gasteiger partial charge in [0.25, 0.3) is 0 Å². The zero-order valence-electron chi connectivity index (χ0n) is 11.7. The molecule has 21 heavy (non-hydrogen) atoms. The predicted octanol–water partition coefficient (Wildman–Crippen LogP) is 0.595. The molecular weight excluding hydrogens is 268 g/mol. The zero-order valence-corrected chi connectivity index (χ0v) is 11.7. The van der Waals surface area contributed by atoms with Crippen molar-refractivity contribution in [2.45, 2.75) is 19.9 Å². The zero-order chi connectivity index (χ0) is 14.6. The lowest BCUT2D eigenvalue weighted by atomic mass is 10.2. The lowest BCUT2D eigenvalue weighted by Gasteiger charge is -2.18. The average Bonchev–Trinajstić information content (AvgIpc) is 3.00. The molecule has 3 heterocycles. The van der Waals surface area contributed by atoms with Crippen molar-refractivity contribution >= 4 is 17.4 Å². The van der Waals surface area contributed by atoms with Crippen LogP contribution < -0.4 is 10.6 Å². The highest BCUT2D eigenvalue weighted by Crippen LogP contribution is 2.47. The Morgan fingerprint density at radius 1 is 1.43 bits per heavy atom. The summed E-state index contributed by atoms with van der Waals surface area (Å²) in [5.74, 6) is 1.66. The van der Waals surface area contributed by atoms with Crippen LogP contribution in [0.5, 0.6) is 0 Å². The Hall–Kier alpha value is -2.44. The molecule has 0 unspecified atom stereocenters. The monoisotopic (exact) mass is 284 g/mol. The molecule has 1 saturated carbocycles. The summed E-state index contributed by atoms with van der Waals surface area (Å²) in [5.41, 5.74) is 8.03. The molecule has 1 saturated heterocycles. The van der Waals surface area contributed by atoms with Crippen LogP contribution in [0.25, 0.3) is 0 Å². The largest absolute Gasteiger partial charge is 0.396 e. The Labute approximate surface area is 121 Å². The van der Waals surface area contributed by atoms with Crippen molar-refractivity contribution in [2.75, 3.05) is 17.2 Å². The van der Waals surface area contributed by atoms with Gasteiger partial charge in [0.1, 0.15) is 0 Å². The van der Waals surface area contributed by atoms with Crippen LogP contribution in [0.15, 0.2) is 18.5 Å². The summed E-state index contributed by atoms with van der Waals surface area (Å²) in [4.78, 5) is 13.9. The molecule has 7 nitrogen and oxygen atoms in total. The van der Waals surface area contributed by atoms with E-state index in [-0.39, 0.29) is 11.8 Å². The van der Waals surface area contributed by atoms with Crippen LogP contribution in [0.4, 0.5) is 11.5 Å². The molecule has 0 bridgehead atoms. The van der Waals surface area contributed by atoms with Gasteiger partial charge in [-0.1, -0.05) is 0 Å². The summed E-state index contributed by atoms with van der Waals surface area (Å²) in [6, 6.07) is 1.96. The van der Waals surface area contributed by atoms with Gasteiger partial charge in [0.05, 0.1) is 24.1 Å². The number of piperidine rings is 1. The van der Waals surface area contributed by atoms with Crippen molar-refractivity contribution < 1.29 is 4.79 Å². The van der Waals surface area contributed by atoms with Crippen LogP contribution in [-0.2, 0) is 11.3 Å². The standard InChI is InChI=1S/C14H16N6O/c1-8-2-11(7-19-6-10(15)4-16-19)17-18-13(8)20-5-9-3-12(9)14(20)21/h2,4,6,9,12H,3,5,7,15H2,1H3/t9-,12-/m1/s1. The fourth-order valence-electron chi connectivity index (χ4n) is 2.98.